The first-order valence-electron chi connectivity index (χ1n) is 7.87. The molecule has 25 heavy (non-hydrogen) atoms. The van der Waals surface area contributed by atoms with Gasteiger partial charge in [-0.15, -0.1) is 0 Å². The van der Waals surface area contributed by atoms with E-state index in [2.05, 4.69) is 15.9 Å². The number of carbonyl (C=O) groups is 1. The molecule has 0 N–H and O–H groups in total. The summed E-state index contributed by atoms with van der Waals surface area (Å²) in [6.07, 6.45) is 0. The van der Waals surface area contributed by atoms with E-state index in [-0.39, 0.29) is 5.91 Å². The van der Waals surface area contributed by atoms with Gasteiger partial charge in [0, 0.05) is 17.6 Å². The topological polar surface area (TPSA) is 48.0 Å². The van der Waals surface area contributed by atoms with Crippen LogP contribution in [0.4, 0.5) is 0 Å². The van der Waals surface area contributed by atoms with Crippen molar-refractivity contribution in [1.82, 2.24) is 4.90 Å². The number of benzene rings is 2. The van der Waals surface area contributed by atoms with Crippen molar-refractivity contribution in [2.24, 2.45) is 0 Å². The lowest BCUT2D eigenvalue weighted by molar-refractivity contribution is 0.0751. The summed E-state index contributed by atoms with van der Waals surface area (Å²) < 4.78 is 16.6. The van der Waals surface area contributed by atoms with Gasteiger partial charge < -0.3 is 19.1 Å². The van der Waals surface area contributed by atoms with Gasteiger partial charge in [-0.1, -0.05) is 6.07 Å². The third-order valence-electron chi connectivity index (χ3n) is 3.89. The predicted octanol–water partition coefficient (Wildman–Crippen LogP) is 4.14. The molecule has 0 atom stereocenters. The van der Waals surface area contributed by atoms with Gasteiger partial charge >= 0.3 is 0 Å². The Hall–Kier alpha value is -2.21. The fraction of sp³-hybridized carbons (Fsp3) is 0.316. The summed E-state index contributed by atoms with van der Waals surface area (Å²) in [5.74, 6) is 1.89. The van der Waals surface area contributed by atoms with Gasteiger partial charge in [-0.25, -0.2) is 0 Å². The minimum absolute atomic E-state index is 0.0666. The monoisotopic (exact) mass is 407 g/mol. The molecule has 0 aliphatic carbocycles. The number of nitrogens with zero attached hydrogens (tertiary/aromatic N) is 1. The van der Waals surface area contributed by atoms with E-state index < -0.39 is 0 Å². The first kappa shape index (κ1) is 19.1. The smallest absolute Gasteiger partial charge is 0.255 e. The Morgan fingerprint density at radius 1 is 1.00 bits per heavy atom. The Kier molecular flexibility index (Phi) is 6.70. The molecule has 0 spiro atoms. The summed E-state index contributed by atoms with van der Waals surface area (Å²) in [4.78, 5) is 14.7. The highest BCUT2D eigenvalue weighted by molar-refractivity contribution is 9.10. The highest BCUT2D eigenvalue weighted by atomic mass is 79.9. The quantitative estimate of drug-likeness (QED) is 0.691. The lowest BCUT2D eigenvalue weighted by Gasteiger charge is -2.22. The second-order valence-electron chi connectivity index (χ2n) is 5.35. The fourth-order valence-electron chi connectivity index (χ4n) is 2.49. The van der Waals surface area contributed by atoms with Gasteiger partial charge in [-0.05, 0) is 58.7 Å². The highest BCUT2D eigenvalue weighted by Crippen LogP contribution is 2.29. The van der Waals surface area contributed by atoms with Crippen molar-refractivity contribution in [1.29, 1.82) is 0 Å². The van der Waals surface area contributed by atoms with Gasteiger partial charge in [0.1, 0.15) is 5.75 Å². The van der Waals surface area contributed by atoms with Crippen molar-refractivity contribution in [2.45, 2.75) is 13.5 Å². The van der Waals surface area contributed by atoms with Crippen LogP contribution < -0.4 is 14.2 Å². The number of ether oxygens (including phenoxy) is 3. The van der Waals surface area contributed by atoms with Gasteiger partial charge in [0.05, 0.1) is 26.9 Å². The van der Waals surface area contributed by atoms with Gasteiger partial charge in [-0.2, -0.15) is 0 Å². The van der Waals surface area contributed by atoms with Crippen LogP contribution in [0.3, 0.4) is 0 Å². The van der Waals surface area contributed by atoms with Crippen molar-refractivity contribution >= 4 is 21.8 Å². The first-order valence-corrected chi connectivity index (χ1v) is 8.67. The number of rotatable bonds is 7. The normalized spacial score (nSPS) is 10.3. The van der Waals surface area contributed by atoms with Crippen LogP contribution in [0.1, 0.15) is 22.8 Å². The van der Waals surface area contributed by atoms with Gasteiger partial charge in [0.15, 0.2) is 11.5 Å². The second kappa shape index (κ2) is 8.76. The van der Waals surface area contributed by atoms with Crippen molar-refractivity contribution in [2.75, 3.05) is 27.9 Å². The van der Waals surface area contributed by atoms with Gasteiger partial charge in [0.2, 0.25) is 0 Å². The average molecular weight is 408 g/mol. The minimum atomic E-state index is -0.0666. The van der Waals surface area contributed by atoms with Crippen molar-refractivity contribution in [3.8, 4) is 17.2 Å². The molecule has 0 aliphatic rings. The summed E-state index contributed by atoms with van der Waals surface area (Å²) in [5, 5.41) is 0. The van der Waals surface area contributed by atoms with Crippen LogP contribution in [0, 0.1) is 0 Å². The molecule has 134 valence electrons. The number of hydrogen-bond donors (Lipinski definition) is 0. The standard InChI is InChI=1S/C19H22BrNO4/c1-5-21(12-13-6-9-17(24-3)18(10-13)25-4)19(22)15-11-14(23-2)7-8-16(15)20/h6-11H,5,12H2,1-4H3. The van der Waals surface area contributed by atoms with Gasteiger partial charge in [-0.3, -0.25) is 4.79 Å². The average Bonchev–Trinajstić information content (AvgIpc) is 2.65. The molecule has 2 rings (SSSR count). The Balaban J connectivity index is 2.26. The molecule has 5 nitrogen and oxygen atoms in total. The first-order chi connectivity index (χ1) is 12.0. The predicted molar refractivity (Wildman–Crippen MR) is 101 cm³/mol. The summed E-state index contributed by atoms with van der Waals surface area (Å²) in [5.41, 5.74) is 1.54. The zero-order valence-corrected chi connectivity index (χ0v) is 16.4. The molecule has 2 aromatic carbocycles. The maximum Gasteiger partial charge on any atom is 0.255 e. The Labute approximate surface area is 156 Å². The van der Waals surface area contributed by atoms with Crippen molar-refractivity contribution < 1.29 is 19.0 Å². The van der Waals surface area contributed by atoms with Crippen LogP contribution in [0.25, 0.3) is 0 Å². The van der Waals surface area contributed by atoms with E-state index in [1.54, 1.807) is 32.3 Å². The summed E-state index contributed by atoms with van der Waals surface area (Å²) >= 11 is 3.45. The molecule has 0 unspecified atom stereocenters. The van der Waals surface area contributed by atoms with Gasteiger partial charge in [0.25, 0.3) is 5.91 Å². The third kappa shape index (κ3) is 4.45. The van der Waals surface area contributed by atoms with E-state index in [1.165, 1.54) is 0 Å². The number of methoxy groups -OCH3 is 3. The zero-order valence-electron chi connectivity index (χ0n) is 14.8. The van der Waals surface area contributed by atoms with E-state index in [4.69, 9.17) is 14.2 Å². The Morgan fingerprint density at radius 2 is 1.72 bits per heavy atom. The van der Waals surface area contributed by atoms with E-state index in [0.29, 0.717) is 35.9 Å². The van der Waals surface area contributed by atoms with Crippen LogP contribution in [-0.2, 0) is 6.54 Å². The Bertz CT molecular complexity index is 748. The SMILES string of the molecule is CCN(Cc1ccc(OC)c(OC)c1)C(=O)c1cc(OC)ccc1Br. The second-order valence-corrected chi connectivity index (χ2v) is 6.21. The molecule has 0 saturated carbocycles. The lowest BCUT2D eigenvalue weighted by atomic mass is 10.1. The maximum atomic E-state index is 12.9. The van der Waals surface area contributed by atoms with Crippen LogP contribution >= 0.6 is 15.9 Å². The van der Waals surface area contributed by atoms with E-state index in [9.17, 15) is 4.79 Å². The van der Waals surface area contributed by atoms with Crippen LogP contribution in [0.5, 0.6) is 17.2 Å². The minimum Gasteiger partial charge on any atom is -0.497 e. The Morgan fingerprint density at radius 3 is 2.32 bits per heavy atom. The summed E-state index contributed by atoms with van der Waals surface area (Å²) in [7, 11) is 4.77. The van der Waals surface area contributed by atoms with Crippen LogP contribution in [0.15, 0.2) is 40.9 Å². The summed E-state index contributed by atoms with van der Waals surface area (Å²) in [6.45, 7) is 3.00. The summed E-state index contributed by atoms with van der Waals surface area (Å²) in [6, 6.07) is 11.0. The third-order valence-corrected chi connectivity index (χ3v) is 4.59. The number of halogens is 1. The number of carbonyl (C=O) groups excluding carboxylic acids is 1. The molecule has 1 amide bonds. The molecule has 0 radical (unpaired) electrons. The van der Waals surface area contributed by atoms with Crippen molar-refractivity contribution in [3.63, 3.8) is 0 Å². The van der Waals surface area contributed by atoms with Crippen LogP contribution in [0.2, 0.25) is 0 Å². The van der Waals surface area contributed by atoms with Crippen LogP contribution in [-0.4, -0.2) is 38.7 Å². The molecule has 0 aliphatic heterocycles. The zero-order chi connectivity index (χ0) is 18.4. The largest absolute Gasteiger partial charge is 0.497 e. The number of hydrogen-bond acceptors (Lipinski definition) is 4. The van der Waals surface area contributed by atoms with E-state index >= 15 is 0 Å². The molecule has 6 heteroatoms. The molecular weight excluding hydrogens is 386 g/mol. The molecule has 0 saturated heterocycles. The molecule has 0 fully saturated rings. The molecule has 0 bridgehead atoms. The maximum absolute atomic E-state index is 12.9. The van der Waals surface area contributed by atoms with E-state index in [0.717, 1.165) is 10.0 Å². The lowest BCUT2D eigenvalue weighted by Crippen LogP contribution is -2.30. The molecular formula is C19H22BrNO4. The molecule has 2 aromatic rings. The number of amides is 1. The molecule has 0 aromatic heterocycles. The fourth-order valence-corrected chi connectivity index (χ4v) is 2.91. The van der Waals surface area contributed by atoms with E-state index in [1.807, 2.05) is 37.3 Å². The van der Waals surface area contributed by atoms with Crippen molar-refractivity contribution in [3.05, 3.63) is 52.0 Å². The molecule has 0 heterocycles. The highest BCUT2D eigenvalue weighted by Gasteiger charge is 2.19.